The van der Waals surface area contributed by atoms with Crippen molar-refractivity contribution in [2.24, 2.45) is 0 Å². The smallest absolute Gasteiger partial charge is 0.410 e. The van der Waals surface area contributed by atoms with Crippen LogP contribution in [0.3, 0.4) is 0 Å². The van der Waals surface area contributed by atoms with Crippen LogP contribution in [-0.2, 0) is 23.8 Å². The van der Waals surface area contributed by atoms with Gasteiger partial charge in [0.05, 0.1) is 40.4 Å². The van der Waals surface area contributed by atoms with Gasteiger partial charge in [0.25, 0.3) is 29.3 Å². The minimum Gasteiger partial charge on any atom is -0.465 e. The van der Waals surface area contributed by atoms with Crippen molar-refractivity contribution in [3.63, 3.8) is 0 Å². The SMILES string of the molecule is CNC(=O)c1ccc(F)c2c(C(=O)C(=O)N3CCN(C(=O)OC(C)(C)C)CC3)c[nH]c12.COC(=O)c1ccc(F)c2c(C(=O)C(=O)N3CCN(C(=O)OC(C)(C)C)CC3)c[nH]c12. The number of aromatic nitrogens is 2. The van der Waals surface area contributed by atoms with Crippen LogP contribution in [0.4, 0.5) is 18.4 Å². The Kier molecular flexibility index (Phi) is 13.7. The number of esters is 1. The Morgan fingerprint density at radius 2 is 0.919 bits per heavy atom. The molecule has 2 aliphatic rings. The zero-order chi connectivity index (χ0) is 45.8. The number of halogens is 2. The average Bonchev–Trinajstić information content (AvgIpc) is 3.89. The molecule has 6 rings (SSSR count). The number of carbonyl (C=O) groups excluding carboxylic acids is 8. The summed E-state index contributed by atoms with van der Waals surface area (Å²) in [6.45, 7) is 12.0. The summed E-state index contributed by atoms with van der Waals surface area (Å²) in [5.74, 6) is -6.00. The lowest BCUT2D eigenvalue weighted by atomic mass is 10.0. The number of piperazine rings is 2. The first-order chi connectivity index (χ1) is 29.1. The van der Waals surface area contributed by atoms with E-state index in [1.165, 1.54) is 58.3 Å². The highest BCUT2D eigenvalue weighted by atomic mass is 19.1. The lowest BCUT2D eigenvalue weighted by Crippen LogP contribution is -2.53. The number of nitrogens with zero attached hydrogens (tertiary/aromatic N) is 4. The highest BCUT2D eigenvalue weighted by molar-refractivity contribution is 6.45. The number of aromatic amines is 2. The Morgan fingerprint density at radius 3 is 1.27 bits per heavy atom. The second-order valence-electron chi connectivity index (χ2n) is 16.3. The third-order valence-corrected chi connectivity index (χ3v) is 9.76. The molecule has 2 aromatic carbocycles. The third-order valence-electron chi connectivity index (χ3n) is 9.76. The highest BCUT2D eigenvalue weighted by Gasteiger charge is 2.34. The fraction of sp³-hybridized carbons (Fsp3) is 0.429. The molecule has 0 aliphatic carbocycles. The number of Topliss-reactive ketones (excluding diaryl/α,β-unsaturated/α-hetero) is 2. The van der Waals surface area contributed by atoms with Crippen LogP contribution in [0.1, 0.15) is 83.0 Å². The van der Waals surface area contributed by atoms with Crippen molar-refractivity contribution < 1.29 is 61.3 Å². The topological polar surface area (TPSA) is 221 Å². The molecule has 0 bridgehead atoms. The molecule has 0 spiro atoms. The van der Waals surface area contributed by atoms with Crippen molar-refractivity contribution in [2.45, 2.75) is 52.7 Å². The number of amides is 5. The second-order valence-corrected chi connectivity index (χ2v) is 16.3. The molecule has 332 valence electrons. The van der Waals surface area contributed by atoms with Gasteiger partial charge in [-0.05, 0) is 65.8 Å². The molecule has 4 heterocycles. The van der Waals surface area contributed by atoms with Gasteiger partial charge in [-0.3, -0.25) is 24.0 Å². The normalized spacial score (nSPS) is 14.5. The van der Waals surface area contributed by atoms with Gasteiger partial charge in [0.2, 0.25) is 0 Å². The van der Waals surface area contributed by atoms with Gasteiger partial charge >= 0.3 is 18.2 Å². The zero-order valence-corrected chi connectivity index (χ0v) is 35.7. The first-order valence-electron chi connectivity index (χ1n) is 19.6. The first kappa shape index (κ1) is 46.2. The molecule has 18 nitrogen and oxygen atoms in total. The van der Waals surface area contributed by atoms with Gasteiger partial charge in [0.15, 0.2) is 0 Å². The molecule has 2 saturated heterocycles. The number of benzene rings is 2. The lowest BCUT2D eigenvalue weighted by molar-refractivity contribution is -0.128. The van der Waals surface area contributed by atoms with Gasteiger partial charge in [0.1, 0.15) is 22.8 Å². The largest absolute Gasteiger partial charge is 0.465 e. The van der Waals surface area contributed by atoms with E-state index in [1.54, 1.807) is 41.5 Å². The van der Waals surface area contributed by atoms with E-state index in [1.807, 2.05) is 0 Å². The van der Waals surface area contributed by atoms with E-state index in [-0.39, 0.29) is 96.4 Å². The van der Waals surface area contributed by atoms with Gasteiger partial charge in [-0.1, -0.05) is 0 Å². The van der Waals surface area contributed by atoms with Crippen molar-refractivity contribution in [1.29, 1.82) is 0 Å². The minimum atomic E-state index is -0.905. The number of carbonyl (C=O) groups is 8. The lowest BCUT2D eigenvalue weighted by Gasteiger charge is -2.35. The van der Waals surface area contributed by atoms with Crippen LogP contribution in [0.5, 0.6) is 0 Å². The van der Waals surface area contributed by atoms with Gasteiger partial charge in [-0.2, -0.15) is 0 Å². The summed E-state index contributed by atoms with van der Waals surface area (Å²) in [5.41, 5.74) is -1.14. The Bertz CT molecular complexity index is 2260. The molecule has 2 aromatic heterocycles. The number of ketones is 2. The molecule has 0 atom stereocenters. The van der Waals surface area contributed by atoms with Crippen molar-refractivity contribution in [1.82, 2.24) is 34.9 Å². The minimum absolute atomic E-state index is 0.0522. The van der Waals surface area contributed by atoms with Crippen molar-refractivity contribution in [3.05, 3.63) is 70.5 Å². The molecule has 0 radical (unpaired) electrons. The Balaban J connectivity index is 0.000000234. The van der Waals surface area contributed by atoms with Gasteiger partial charge in [-0.15, -0.1) is 0 Å². The van der Waals surface area contributed by atoms with Crippen LogP contribution < -0.4 is 5.32 Å². The summed E-state index contributed by atoms with van der Waals surface area (Å²) in [4.78, 5) is 110. The molecule has 4 aromatic rings. The van der Waals surface area contributed by atoms with Crippen molar-refractivity contribution in [3.8, 4) is 0 Å². The summed E-state index contributed by atoms with van der Waals surface area (Å²) in [7, 11) is 2.62. The fourth-order valence-corrected chi connectivity index (χ4v) is 6.73. The predicted octanol–water partition coefficient (Wildman–Crippen LogP) is 4.28. The molecular formula is C42H49F2N7O11. The molecule has 2 aliphatic heterocycles. The van der Waals surface area contributed by atoms with E-state index >= 15 is 0 Å². The van der Waals surface area contributed by atoms with E-state index in [9.17, 15) is 47.1 Å². The summed E-state index contributed by atoms with van der Waals surface area (Å²) >= 11 is 0. The number of fused-ring (bicyclic) bond motifs is 2. The van der Waals surface area contributed by atoms with Crippen LogP contribution >= 0.6 is 0 Å². The molecule has 0 saturated carbocycles. The standard InChI is InChI=1S/C21H25FN4O5.C21H24FN3O6/c1-21(2,3)31-20(30)26-9-7-25(8-10-26)19(29)17(27)13-11-24-16-12(18(28)23-4)5-6-14(22)15(13)16;1-21(2,3)31-20(29)25-9-7-24(8-10-25)18(27)17(26)13-11-23-16-12(19(28)30-4)5-6-14(22)15(13)16/h5-6,11,24H,7-10H2,1-4H3,(H,23,28);5-6,11,23H,7-10H2,1-4H3. The van der Waals surface area contributed by atoms with Crippen molar-refractivity contribution in [2.75, 3.05) is 66.5 Å². The number of rotatable bonds is 6. The Hall–Kier alpha value is -6.86. The number of methoxy groups -OCH3 is 1. The quantitative estimate of drug-likeness (QED) is 0.107. The maximum Gasteiger partial charge on any atom is 0.410 e. The van der Waals surface area contributed by atoms with Crippen LogP contribution in [-0.4, -0.2) is 155 Å². The van der Waals surface area contributed by atoms with E-state index in [4.69, 9.17) is 9.47 Å². The summed E-state index contributed by atoms with van der Waals surface area (Å²) in [6.07, 6.45) is 1.47. The summed E-state index contributed by atoms with van der Waals surface area (Å²) in [6, 6.07) is 4.68. The van der Waals surface area contributed by atoms with E-state index in [0.717, 1.165) is 12.1 Å². The van der Waals surface area contributed by atoms with Crippen LogP contribution in [0.25, 0.3) is 21.8 Å². The van der Waals surface area contributed by atoms with Crippen molar-refractivity contribution >= 4 is 69.2 Å². The van der Waals surface area contributed by atoms with Crippen LogP contribution in [0.2, 0.25) is 0 Å². The monoisotopic (exact) mass is 865 g/mol. The number of nitrogens with one attached hydrogen (secondary N) is 3. The fourth-order valence-electron chi connectivity index (χ4n) is 6.73. The van der Waals surface area contributed by atoms with Gasteiger partial charge in [0, 0.05) is 82.6 Å². The van der Waals surface area contributed by atoms with E-state index < -0.39 is 70.3 Å². The molecule has 0 unspecified atom stereocenters. The number of hydrogen-bond donors (Lipinski definition) is 3. The van der Waals surface area contributed by atoms with E-state index in [2.05, 4.69) is 20.0 Å². The predicted molar refractivity (Wildman–Crippen MR) is 219 cm³/mol. The third kappa shape index (κ3) is 10.2. The molecule has 62 heavy (non-hydrogen) atoms. The number of H-pyrrole nitrogens is 2. The van der Waals surface area contributed by atoms with E-state index in [0.29, 0.717) is 0 Å². The molecule has 2 fully saturated rings. The highest BCUT2D eigenvalue weighted by Crippen LogP contribution is 2.28. The Morgan fingerprint density at radius 1 is 0.565 bits per heavy atom. The second kappa shape index (κ2) is 18.4. The summed E-state index contributed by atoms with van der Waals surface area (Å²) < 4.78 is 44.2. The molecule has 5 amide bonds. The Labute approximate surface area is 354 Å². The number of ether oxygens (including phenoxy) is 3. The van der Waals surface area contributed by atoms with Gasteiger partial charge < -0.3 is 49.1 Å². The number of hydrogen-bond acceptors (Lipinski definition) is 11. The zero-order valence-electron chi connectivity index (χ0n) is 35.7. The first-order valence-corrected chi connectivity index (χ1v) is 19.6. The van der Waals surface area contributed by atoms with Gasteiger partial charge in [-0.25, -0.2) is 23.2 Å². The molecule has 20 heteroatoms. The average molecular weight is 866 g/mol. The summed E-state index contributed by atoms with van der Waals surface area (Å²) in [5, 5.41) is 2.20. The maximum absolute atomic E-state index is 14.5. The van der Waals surface area contributed by atoms with Crippen LogP contribution in [0, 0.1) is 11.6 Å². The molecule has 3 N–H and O–H groups in total. The molecular weight excluding hydrogens is 816 g/mol. The van der Waals surface area contributed by atoms with Crippen LogP contribution in [0.15, 0.2) is 36.7 Å². The maximum atomic E-state index is 14.5.